The molecule has 76 valence electrons. The minimum atomic E-state index is -2.28. The van der Waals surface area contributed by atoms with Gasteiger partial charge in [-0.25, -0.2) is 0 Å². The van der Waals surface area contributed by atoms with Crippen LogP contribution in [0.5, 0.6) is 0 Å². The van der Waals surface area contributed by atoms with E-state index in [1.165, 1.54) is 6.92 Å². The number of carbonyl (C=O) groups is 1. The molecule has 0 bridgehead atoms. The summed E-state index contributed by atoms with van der Waals surface area (Å²) in [5.41, 5.74) is 0. The Balaban J connectivity index is 0.000000151. The van der Waals surface area contributed by atoms with Crippen molar-refractivity contribution >= 4 is 6.29 Å². The Morgan fingerprint density at radius 2 is 0.857 bits per heavy atom. The van der Waals surface area contributed by atoms with Crippen molar-refractivity contribution in [1.82, 2.24) is 0 Å². The number of rotatable bonds is 0. The molecule has 10 aliphatic rings. The molecule has 0 aliphatic carbocycles. The van der Waals surface area contributed by atoms with Gasteiger partial charge in [0, 0.05) is 0 Å². The predicted octanol–water partition coefficient (Wildman–Crippen LogP) is 3.58. The summed E-state index contributed by atoms with van der Waals surface area (Å²) in [5, 5.41) is 0. The zero-order chi connectivity index (χ0) is 8.80. The molecule has 10 heterocycles. The molecule has 0 radical (unpaired) electrons. The number of hydrogen-bond donors (Lipinski definition) is 0. The molecular weight excluding hydrogens is 216 g/mol. The summed E-state index contributed by atoms with van der Waals surface area (Å²) < 4.78 is 0. The van der Waals surface area contributed by atoms with Gasteiger partial charge in [-0.15, -0.1) is 0 Å². The Labute approximate surface area is 72.9 Å². The van der Waals surface area contributed by atoms with E-state index in [1.54, 1.807) is 48.2 Å². The summed E-state index contributed by atoms with van der Waals surface area (Å²) in [4.78, 5) is 24.7. The summed E-state index contributed by atoms with van der Waals surface area (Å²) in [6.45, 7) is -0.839. The fraction of sp³-hybridized carbons (Fsp3) is 0.917. The van der Waals surface area contributed by atoms with E-state index in [0.717, 1.165) is 6.29 Å². The average molecular weight is 230 g/mol. The first-order valence-corrected chi connectivity index (χ1v) is 12.6. The van der Waals surface area contributed by atoms with E-state index in [2.05, 4.69) is 0 Å². The Hall–Kier alpha value is 0.189. The molecule has 10 rings (SSSR count). The Morgan fingerprint density at radius 3 is 0.857 bits per heavy atom. The standard InChI is InChI=1S/2C5H5.C2H4O.Fe/c2*1-2-4-5-3-1;1-2-3;/h2*1-5H;2H,1H3;. The molecule has 0 aromatic rings. The first kappa shape index (κ1) is 5.01. The second-order valence-corrected chi connectivity index (χ2v) is 33.7. The maximum absolute atomic E-state index is 8.81. The minimum absolute atomic E-state index is 0.750. The van der Waals surface area contributed by atoms with Crippen molar-refractivity contribution in [2.75, 3.05) is 0 Å². The number of hydrogen-bond acceptors (Lipinski definition) is 1. The van der Waals surface area contributed by atoms with Crippen LogP contribution in [0.3, 0.4) is 0 Å². The molecule has 2 heteroatoms. The van der Waals surface area contributed by atoms with Gasteiger partial charge in [0.1, 0.15) is 6.29 Å². The molecule has 0 saturated carbocycles. The van der Waals surface area contributed by atoms with Gasteiger partial charge < -0.3 is 4.79 Å². The van der Waals surface area contributed by atoms with Crippen molar-refractivity contribution in [2.45, 2.75) is 55.1 Å². The molecule has 1 nitrogen and oxygen atoms in total. The Bertz CT molecular complexity index is 622. The van der Waals surface area contributed by atoms with Crippen LogP contribution in [0.25, 0.3) is 0 Å². The third-order valence-electron chi connectivity index (χ3n) is 14.5. The molecule has 14 heavy (non-hydrogen) atoms. The molecule has 0 aromatic carbocycles. The van der Waals surface area contributed by atoms with Crippen LogP contribution in [-0.2, 0) is 11.3 Å². The summed E-state index contributed by atoms with van der Waals surface area (Å²) in [5.74, 6) is 0. The number of aldehydes is 1. The van der Waals surface area contributed by atoms with Gasteiger partial charge in [0.15, 0.2) is 0 Å². The summed E-state index contributed by atoms with van der Waals surface area (Å²) in [6, 6.07) is 0. The Morgan fingerprint density at radius 1 is 0.714 bits per heavy atom. The summed E-state index contributed by atoms with van der Waals surface area (Å²) in [7, 11) is 0. The molecule has 0 unspecified atom stereocenters. The SMILES string of the molecule is CC=O.[CH]12[CH]3[CH]4[CH]5[CH]1[Fe]23451678[CH]2[CH]1[CH]6[CH]7[CH]28. The summed E-state index contributed by atoms with van der Waals surface area (Å²) in [6.07, 6.45) is 0.750. The first-order valence-electron chi connectivity index (χ1n) is 6.19. The first-order chi connectivity index (χ1) is 6.57. The second kappa shape index (κ2) is 0.338. The van der Waals surface area contributed by atoms with E-state index in [4.69, 9.17) is 4.79 Å². The van der Waals surface area contributed by atoms with Crippen LogP contribution in [0.4, 0.5) is 0 Å². The monoisotopic (exact) mass is 230 g/mol. The molecule has 0 aromatic heterocycles. The van der Waals surface area contributed by atoms with Crippen LogP contribution in [0.15, 0.2) is 0 Å². The van der Waals surface area contributed by atoms with Gasteiger partial charge in [0.25, 0.3) is 0 Å². The van der Waals surface area contributed by atoms with Crippen molar-refractivity contribution in [3.8, 4) is 0 Å². The van der Waals surface area contributed by atoms with Crippen molar-refractivity contribution in [2.24, 2.45) is 0 Å². The van der Waals surface area contributed by atoms with E-state index in [1.807, 2.05) is 0 Å². The third-order valence-corrected chi connectivity index (χ3v) is 56.5. The van der Waals surface area contributed by atoms with Crippen molar-refractivity contribution in [1.29, 1.82) is 0 Å². The van der Waals surface area contributed by atoms with Crippen molar-refractivity contribution in [3.05, 3.63) is 0 Å². The molecular formula is C12H14FeO. The van der Waals surface area contributed by atoms with Gasteiger partial charge in [-0.3, -0.25) is 0 Å². The fourth-order valence-electron chi connectivity index (χ4n) is 15.8. The zero-order valence-electron chi connectivity index (χ0n) is 8.11. The second-order valence-electron chi connectivity index (χ2n) is 9.82. The normalized spacial score (nSPS) is 135. The number of fused-ring (bicyclic) bond motifs is 10. The van der Waals surface area contributed by atoms with Crippen LogP contribution in [0.1, 0.15) is 6.92 Å². The van der Waals surface area contributed by atoms with Crippen LogP contribution >= 0.6 is 0 Å². The molecule has 0 amide bonds. The van der Waals surface area contributed by atoms with E-state index < -0.39 is 6.51 Å². The van der Waals surface area contributed by atoms with Gasteiger partial charge in [-0.05, 0) is 6.92 Å². The van der Waals surface area contributed by atoms with Gasteiger partial charge in [0.05, 0.1) is 0 Å². The maximum atomic E-state index is 8.81. The fourth-order valence-corrected chi connectivity index (χ4v) is 88.0. The predicted molar refractivity (Wildman–Crippen MR) is 49.2 cm³/mol. The van der Waals surface area contributed by atoms with Gasteiger partial charge in [-0.2, -0.15) is 0 Å². The quantitative estimate of drug-likeness (QED) is 0.459. The van der Waals surface area contributed by atoms with Gasteiger partial charge >= 0.3 is 54.7 Å². The zero-order valence-corrected chi connectivity index (χ0v) is 9.22. The van der Waals surface area contributed by atoms with Gasteiger partial charge in [-0.1, -0.05) is 0 Å². The molecule has 1 spiro atoms. The van der Waals surface area contributed by atoms with E-state index in [0.29, 0.717) is 0 Å². The molecule has 10 saturated heterocycles. The Kier molecular flexibility index (Phi) is 0.121. The van der Waals surface area contributed by atoms with Crippen LogP contribution < -0.4 is 0 Å². The number of carbonyl (C=O) groups excluding carboxylic acids is 1. The average Bonchev–Trinajstić information content (AvgIpc) is 3.15. The van der Waals surface area contributed by atoms with Crippen molar-refractivity contribution in [3.63, 3.8) is 0 Å². The molecule has 0 N–H and O–H groups in total. The van der Waals surface area contributed by atoms with E-state index >= 15 is 0 Å². The topological polar surface area (TPSA) is 17.1 Å². The third kappa shape index (κ3) is 0.0381. The molecule has 10 fully saturated rings. The van der Waals surface area contributed by atoms with Gasteiger partial charge in [0.2, 0.25) is 0 Å². The summed E-state index contributed by atoms with van der Waals surface area (Å²) >= 11 is 0. The van der Waals surface area contributed by atoms with Crippen LogP contribution in [-0.4, -0.2) is 6.29 Å². The van der Waals surface area contributed by atoms with E-state index in [9.17, 15) is 0 Å². The molecule has 0 atom stereocenters. The van der Waals surface area contributed by atoms with Crippen LogP contribution in [0, 0.1) is 0 Å². The van der Waals surface area contributed by atoms with Crippen LogP contribution in [0.2, 0.25) is 48.2 Å². The van der Waals surface area contributed by atoms with Crippen molar-refractivity contribution < 1.29 is 11.3 Å². The van der Waals surface area contributed by atoms with E-state index in [-0.39, 0.29) is 0 Å². The molecule has 10 aliphatic heterocycles.